The van der Waals surface area contributed by atoms with Crippen molar-refractivity contribution in [3.05, 3.63) is 0 Å². The third kappa shape index (κ3) is 1.18. The molecule has 0 spiro atoms. The van der Waals surface area contributed by atoms with Crippen molar-refractivity contribution in [1.82, 2.24) is 5.32 Å². The van der Waals surface area contributed by atoms with Gasteiger partial charge in [0.1, 0.15) is 0 Å². The summed E-state index contributed by atoms with van der Waals surface area (Å²) in [5.74, 6) is 2.53. The van der Waals surface area contributed by atoms with E-state index in [1.54, 1.807) is 0 Å². The molecule has 2 aliphatic rings. The van der Waals surface area contributed by atoms with Crippen molar-refractivity contribution in [2.24, 2.45) is 17.8 Å². The second kappa shape index (κ2) is 2.76. The molecule has 11 heavy (non-hydrogen) atoms. The van der Waals surface area contributed by atoms with Crippen LogP contribution in [0.5, 0.6) is 0 Å². The lowest BCUT2D eigenvalue weighted by Crippen LogP contribution is -2.30. The summed E-state index contributed by atoms with van der Waals surface area (Å²) in [6, 6.07) is 0.407. The van der Waals surface area contributed by atoms with Crippen molar-refractivity contribution in [3.8, 4) is 0 Å². The normalized spacial score (nSPS) is 49.6. The molecule has 0 bridgehead atoms. The lowest BCUT2D eigenvalue weighted by atomic mass is 9.94. The van der Waals surface area contributed by atoms with Gasteiger partial charge in [-0.25, -0.2) is 0 Å². The van der Waals surface area contributed by atoms with E-state index in [1.807, 2.05) is 0 Å². The summed E-state index contributed by atoms with van der Waals surface area (Å²) >= 11 is 0. The number of rotatable bonds is 1. The third-order valence-electron chi connectivity index (χ3n) is 3.34. The Kier molecular flexibility index (Phi) is 1.90. The highest BCUT2D eigenvalue weighted by molar-refractivity contribution is 4.95. The molecule has 1 heterocycles. The highest BCUT2D eigenvalue weighted by Gasteiger charge is 2.41. The Morgan fingerprint density at radius 1 is 1.45 bits per heavy atom. The van der Waals surface area contributed by atoms with E-state index in [1.165, 1.54) is 12.8 Å². The number of hydrogen-bond acceptors (Lipinski definition) is 2. The number of fused-ring (bicyclic) bond motifs is 1. The van der Waals surface area contributed by atoms with Crippen LogP contribution in [-0.2, 0) is 0 Å². The van der Waals surface area contributed by atoms with Gasteiger partial charge in [-0.15, -0.1) is 0 Å². The van der Waals surface area contributed by atoms with E-state index in [0.29, 0.717) is 12.6 Å². The summed E-state index contributed by atoms with van der Waals surface area (Å²) < 4.78 is 0. The van der Waals surface area contributed by atoms with Gasteiger partial charge < -0.3 is 10.4 Å². The van der Waals surface area contributed by atoms with E-state index in [2.05, 4.69) is 12.2 Å². The monoisotopic (exact) mass is 155 g/mol. The fourth-order valence-electron chi connectivity index (χ4n) is 2.83. The molecule has 0 radical (unpaired) electrons. The van der Waals surface area contributed by atoms with Gasteiger partial charge in [0.2, 0.25) is 0 Å². The third-order valence-corrected chi connectivity index (χ3v) is 3.34. The molecule has 2 heteroatoms. The molecule has 2 nitrogen and oxygen atoms in total. The van der Waals surface area contributed by atoms with Gasteiger partial charge in [-0.05, 0) is 37.1 Å². The summed E-state index contributed by atoms with van der Waals surface area (Å²) in [6.45, 7) is 3.79. The SMILES string of the molecule is CC1C[C@H]2CNC(CO)[C@H]2C1. The lowest BCUT2D eigenvalue weighted by molar-refractivity contribution is 0.220. The number of aliphatic hydroxyl groups excluding tert-OH is 1. The summed E-state index contributed by atoms with van der Waals surface area (Å²) in [5.41, 5.74) is 0. The highest BCUT2D eigenvalue weighted by Crippen LogP contribution is 2.40. The molecule has 0 aromatic rings. The zero-order chi connectivity index (χ0) is 7.84. The lowest BCUT2D eigenvalue weighted by Gasteiger charge is -2.15. The van der Waals surface area contributed by atoms with Crippen molar-refractivity contribution < 1.29 is 5.11 Å². The summed E-state index contributed by atoms with van der Waals surface area (Å²) in [4.78, 5) is 0. The molecule has 1 aliphatic carbocycles. The second-order valence-corrected chi connectivity index (χ2v) is 4.20. The summed E-state index contributed by atoms with van der Waals surface area (Å²) in [6.07, 6.45) is 2.69. The zero-order valence-corrected chi connectivity index (χ0v) is 7.09. The highest BCUT2D eigenvalue weighted by atomic mass is 16.3. The predicted octanol–water partition coefficient (Wildman–Crippen LogP) is 0.613. The molecule has 0 aromatic carbocycles. The van der Waals surface area contributed by atoms with Gasteiger partial charge in [0.25, 0.3) is 0 Å². The fourth-order valence-corrected chi connectivity index (χ4v) is 2.83. The van der Waals surface area contributed by atoms with Crippen LogP contribution in [0.25, 0.3) is 0 Å². The van der Waals surface area contributed by atoms with Crippen molar-refractivity contribution >= 4 is 0 Å². The number of aliphatic hydroxyl groups is 1. The maximum Gasteiger partial charge on any atom is 0.0587 e. The minimum absolute atomic E-state index is 0.327. The number of hydrogen-bond donors (Lipinski definition) is 2. The molecule has 2 unspecified atom stereocenters. The van der Waals surface area contributed by atoms with Gasteiger partial charge in [-0.2, -0.15) is 0 Å². The van der Waals surface area contributed by atoms with Crippen molar-refractivity contribution in [2.45, 2.75) is 25.8 Å². The largest absolute Gasteiger partial charge is 0.395 e. The van der Waals surface area contributed by atoms with Crippen LogP contribution in [0, 0.1) is 17.8 Å². The molecular formula is C9H17NO. The van der Waals surface area contributed by atoms with Crippen LogP contribution >= 0.6 is 0 Å². The first-order chi connectivity index (χ1) is 5.31. The van der Waals surface area contributed by atoms with Gasteiger partial charge in [-0.3, -0.25) is 0 Å². The first-order valence-corrected chi connectivity index (χ1v) is 4.65. The maximum absolute atomic E-state index is 9.04. The molecule has 0 amide bonds. The molecule has 64 valence electrons. The number of nitrogens with one attached hydrogen (secondary N) is 1. The van der Waals surface area contributed by atoms with E-state index in [4.69, 9.17) is 5.11 Å². The average Bonchev–Trinajstić information content (AvgIpc) is 2.45. The molecule has 1 saturated carbocycles. The Morgan fingerprint density at radius 3 is 3.00 bits per heavy atom. The molecule has 0 aromatic heterocycles. The Morgan fingerprint density at radius 2 is 2.27 bits per heavy atom. The Hall–Kier alpha value is -0.0800. The van der Waals surface area contributed by atoms with Gasteiger partial charge in [0.05, 0.1) is 6.61 Å². The van der Waals surface area contributed by atoms with E-state index in [0.717, 1.165) is 24.3 Å². The van der Waals surface area contributed by atoms with Crippen LogP contribution < -0.4 is 5.32 Å². The summed E-state index contributed by atoms with van der Waals surface area (Å²) in [7, 11) is 0. The molecule has 1 saturated heterocycles. The minimum atomic E-state index is 0.327. The molecule has 2 rings (SSSR count). The first kappa shape index (κ1) is 7.56. The van der Waals surface area contributed by atoms with Crippen molar-refractivity contribution in [2.75, 3.05) is 13.2 Å². The van der Waals surface area contributed by atoms with Gasteiger partial charge in [0, 0.05) is 6.04 Å². The average molecular weight is 155 g/mol. The van der Waals surface area contributed by atoms with E-state index in [9.17, 15) is 0 Å². The molecule has 4 atom stereocenters. The van der Waals surface area contributed by atoms with E-state index in [-0.39, 0.29) is 0 Å². The van der Waals surface area contributed by atoms with Crippen molar-refractivity contribution in [3.63, 3.8) is 0 Å². The van der Waals surface area contributed by atoms with Crippen LogP contribution in [0.15, 0.2) is 0 Å². The second-order valence-electron chi connectivity index (χ2n) is 4.20. The van der Waals surface area contributed by atoms with Gasteiger partial charge in [0.15, 0.2) is 0 Å². The van der Waals surface area contributed by atoms with Crippen LogP contribution in [0.1, 0.15) is 19.8 Å². The van der Waals surface area contributed by atoms with E-state index < -0.39 is 0 Å². The van der Waals surface area contributed by atoms with Crippen LogP contribution in [0.3, 0.4) is 0 Å². The molecule has 1 aliphatic heterocycles. The molecule has 2 fully saturated rings. The quantitative estimate of drug-likeness (QED) is 0.581. The van der Waals surface area contributed by atoms with Crippen LogP contribution in [0.4, 0.5) is 0 Å². The minimum Gasteiger partial charge on any atom is -0.395 e. The standard InChI is InChI=1S/C9H17NO/c1-6-2-7-4-10-9(5-11)8(7)3-6/h6-11H,2-5H2,1H3/t6?,7-,8-,9?/m0/s1. The predicted molar refractivity (Wildman–Crippen MR) is 44.3 cm³/mol. The van der Waals surface area contributed by atoms with E-state index >= 15 is 0 Å². The van der Waals surface area contributed by atoms with Crippen LogP contribution in [0.2, 0.25) is 0 Å². The Balaban J connectivity index is 2.01. The fraction of sp³-hybridized carbons (Fsp3) is 1.00. The first-order valence-electron chi connectivity index (χ1n) is 4.65. The zero-order valence-electron chi connectivity index (χ0n) is 7.09. The smallest absolute Gasteiger partial charge is 0.0587 e. The maximum atomic E-state index is 9.04. The molecular weight excluding hydrogens is 138 g/mol. The van der Waals surface area contributed by atoms with Gasteiger partial charge >= 0.3 is 0 Å². The molecule has 2 N–H and O–H groups in total. The Labute approximate surface area is 68.0 Å². The Bertz CT molecular complexity index is 146. The topological polar surface area (TPSA) is 32.3 Å². The summed E-state index contributed by atoms with van der Waals surface area (Å²) in [5, 5.41) is 12.4. The van der Waals surface area contributed by atoms with Crippen LogP contribution in [-0.4, -0.2) is 24.3 Å². The van der Waals surface area contributed by atoms with Gasteiger partial charge in [-0.1, -0.05) is 6.92 Å². The van der Waals surface area contributed by atoms with Crippen molar-refractivity contribution in [1.29, 1.82) is 0 Å².